The van der Waals surface area contributed by atoms with Gasteiger partial charge in [0.2, 0.25) is 11.8 Å². The van der Waals surface area contributed by atoms with Gasteiger partial charge in [0.1, 0.15) is 11.3 Å². The van der Waals surface area contributed by atoms with Gasteiger partial charge in [-0.25, -0.2) is 4.90 Å². The Morgan fingerprint density at radius 1 is 0.857 bits per heavy atom. The molecule has 2 heterocycles. The highest BCUT2D eigenvalue weighted by Crippen LogP contribution is 2.53. The molecular formula is C35H34N2O5. The van der Waals surface area contributed by atoms with Crippen LogP contribution in [0.1, 0.15) is 42.1 Å². The number of para-hydroxylation sites is 1. The Kier molecular flexibility index (Phi) is 7.07. The fraction of sp³-hybridized carbons (Fsp3) is 0.286. The maximum atomic E-state index is 14.6. The number of carboxylic acids is 1. The Morgan fingerprint density at radius 3 is 2.12 bits per heavy atom. The van der Waals surface area contributed by atoms with Crippen molar-refractivity contribution in [2.24, 2.45) is 11.8 Å². The monoisotopic (exact) mass is 562 g/mol. The second-order valence-corrected chi connectivity index (χ2v) is 11.1. The number of fused-ring (bicyclic) bond motifs is 2. The van der Waals surface area contributed by atoms with Gasteiger partial charge >= 0.3 is 5.97 Å². The maximum absolute atomic E-state index is 14.6. The molecule has 0 saturated carbocycles. The first-order valence-electron chi connectivity index (χ1n) is 14.5. The first-order chi connectivity index (χ1) is 20.4. The summed E-state index contributed by atoms with van der Waals surface area (Å²) in [6, 6.07) is 25.8. The molecule has 42 heavy (non-hydrogen) atoms. The molecule has 2 aliphatic rings. The third-order valence-corrected chi connectivity index (χ3v) is 9.02. The number of nitrogens with zero attached hydrogens (tertiary/aromatic N) is 1. The number of carboxylic acid groups (broad SMARTS) is 1. The highest BCUT2D eigenvalue weighted by atomic mass is 16.5. The summed E-state index contributed by atoms with van der Waals surface area (Å²) in [6.07, 6.45) is 1.32. The van der Waals surface area contributed by atoms with E-state index >= 15 is 0 Å². The molecule has 2 aliphatic heterocycles. The van der Waals surface area contributed by atoms with E-state index in [1.165, 1.54) is 4.90 Å². The van der Waals surface area contributed by atoms with E-state index in [0.29, 0.717) is 24.3 Å². The number of anilines is 1. The van der Waals surface area contributed by atoms with Gasteiger partial charge in [0, 0.05) is 17.8 Å². The average Bonchev–Trinajstić information content (AvgIpc) is 3.49. The van der Waals surface area contributed by atoms with E-state index in [9.17, 15) is 19.5 Å². The van der Waals surface area contributed by atoms with Crippen molar-refractivity contribution >= 4 is 34.2 Å². The summed E-state index contributed by atoms with van der Waals surface area (Å²) < 4.78 is 5.61. The number of carbonyl (C=O) groups is 3. The highest BCUT2D eigenvalue weighted by Gasteiger charge is 2.69. The minimum Gasteiger partial charge on any atom is -0.496 e. The Labute approximate surface area is 245 Å². The van der Waals surface area contributed by atoms with E-state index in [1.54, 1.807) is 7.11 Å². The summed E-state index contributed by atoms with van der Waals surface area (Å²) in [6.45, 7) is 3.99. The summed E-state index contributed by atoms with van der Waals surface area (Å²) >= 11 is 0. The van der Waals surface area contributed by atoms with Gasteiger partial charge in [-0.2, -0.15) is 0 Å². The van der Waals surface area contributed by atoms with Crippen LogP contribution in [0.15, 0.2) is 84.9 Å². The van der Waals surface area contributed by atoms with Crippen LogP contribution in [0.5, 0.6) is 5.75 Å². The minimum atomic E-state index is -1.70. The van der Waals surface area contributed by atoms with Gasteiger partial charge in [-0.15, -0.1) is 0 Å². The Morgan fingerprint density at radius 2 is 1.50 bits per heavy atom. The summed E-state index contributed by atoms with van der Waals surface area (Å²) in [5.74, 6) is -3.32. The molecular weight excluding hydrogens is 528 g/mol. The Bertz CT molecular complexity index is 1680. The number of aryl methyl sites for hydroxylation is 2. The van der Waals surface area contributed by atoms with Crippen LogP contribution in [-0.2, 0) is 33.6 Å². The number of nitrogens with one attached hydrogen (secondary N) is 1. The van der Waals surface area contributed by atoms with Crippen molar-refractivity contribution in [2.45, 2.75) is 44.7 Å². The standard InChI is InChI=1S/C35H34N2O5/c1-4-22-14-11-15-23(5-2)31(22)37-32(38)28-29(33(37)39)35(34(40)41,20-21-12-7-6-8-13-21)36-30(28)26-18-19-27(42-3)25-17-10-9-16-24(25)26/h6-19,28-30,36H,4-5,20H2,1-3H3,(H,40,41). The zero-order valence-corrected chi connectivity index (χ0v) is 24.0. The molecule has 0 bridgehead atoms. The van der Waals surface area contributed by atoms with Crippen molar-refractivity contribution in [1.82, 2.24) is 5.32 Å². The second kappa shape index (κ2) is 10.7. The lowest BCUT2D eigenvalue weighted by atomic mass is 9.76. The molecule has 4 atom stereocenters. The van der Waals surface area contributed by atoms with Crippen LogP contribution in [0.2, 0.25) is 0 Å². The van der Waals surface area contributed by atoms with Crippen LogP contribution < -0.4 is 15.0 Å². The number of benzene rings is 4. The Balaban J connectivity index is 1.59. The summed E-state index contributed by atoms with van der Waals surface area (Å²) in [4.78, 5) is 43.8. The largest absolute Gasteiger partial charge is 0.496 e. The first kappa shape index (κ1) is 27.7. The van der Waals surface area contributed by atoms with E-state index in [-0.39, 0.29) is 12.3 Å². The van der Waals surface area contributed by atoms with Crippen molar-refractivity contribution in [3.8, 4) is 5.75 Å². The number of rotatable bonds is 8. The fourth-order valence-corrected chi connectivity index (χ4v) is 7.09. The van der Waals surface area contributed by atoms with Gasteiger partial charge in [-0.05, 0) is 46.5 Å². The molecule has 4 unspecified atom stereocenters. The molecule has 6 rings (SSSR count). The lowest BCUT2D eigenvalue weighted by molar-refractivity contribution is -0.148. The molecule has 2 fully saturated rings. The van der Waals surface area contributed by atoms with Crippen LogP contribution in [0.3, 0.4) is 0 Å². The number of imide groups is 1. The van der Waals surface area contributed by atoms with Gasteiger partial charge in [0.05, 0.1) is 24.6 Å². The molecule has 4 aromatic rings. The number of methoxy groups -OCH3 is 1. The lowest BCUT2D eigenvalue weighted by Crippen LogP contribution is -2.57. The molecule has 2 N–H and O–H groups in total. The van der Waals surface area contributed by atoms with E-state index in [1.807, 2.05) is 98.8 Å². The highest BCUT2D eigenvalue weighted by molar-refractivity contribution is 6.25. The van der Waals surface area contributed by atoms with Gasteiger partial charge in [-0.3, -0.25) is 19.7 Å². The zero-order valence-electron chi connectivity index (χ0n) is 24.0. The van der Waals surface area contributed by atoms with E-state index in [2.05, 4.69) is 5.32 Å². The van der Waals surface area contributed by atoms with Gasteiger partial charge < -0.3 is 9.84 Å². The van der Waals surface area contributed by atoms with Crippen LogP contribution in [0, 0.1) is 11.8 Å². The molecule has 214 valence electrons. The average molecular weight is 563 g/mol. The third-order valence-electron chi connectivity index (χ3n) is 9.02. The summed E-state index contributed by atoms with van der Waals surface area (Å²) in [5.41, 5.74) is 2.21. The number of ether oxygens (including phenoxy) is 1. The third kappa shape index (κ3) is 4.10. The van der Waals surface area contributed by atoms with Crippen LogP contribution >= 0.6 is 0 Å². The smallest absolute Gasteiger partial charge is 0.325 e. The van der Waals surface area contributed by atoms with Crippen molar-refractivity contribution in [1.29, 1.82) is 0 Å². The summed E-state index contributed by atoms with van der Waals surface area (Å²) in [7, 11) is 1.61. The van der Waals surface area contributed by atoms with Crippen molar-refractivity contribution < 1.29 is 24.2 Å². The molecule has 0 spiro atoms. The van der Waals surface area contributed by atoms with Gasteiger partial charge in [0.15, 0.2) is 0 Å². The first-order valence-corrected chi connectivity index (χ1v) is 14.5. The molecule has 0 aliphatic carbocycles. The van der Waals surface area contributed by atoms with E-state index in [4.69, 9.17) is 4.74 Å². The van der Waals surface area contributed by atoms with Gasteiger partial charge in [0.25, 0.3) is 0 Å². The molecule has 0 radical (unpaired) electrons. The number of aliphatic carboxylic acids is 1. The quantitative estimate of drug-likeness (QED) is 0.276. The van der Waals surface area contributed by atoms with Crippen LogP contribution in [0.25, 0.3) is 10.8 Å². The van der Waals surface area contributed by atoms with E-state index < -0.39 is 35.3 Å². The van der Waals surface area contributed by atoms with Crippen LogP contribution in [-0.4, -0.2) is 35.5 Å². The molecule has 2 saturated heterocycles. The molecule has 7 heteroatoms. The van der Waals surface area contributed by atoms with Crippen LogP contribution in [0.4, 0.5) is 5.69 Å². The van der Waals surface area contributed by atoms with Gasteiger partial charge in [-0.1, -0.05) is 92.7 Å². The molecule has 2 amide bonds. The topological polar surface area (TPSA) is 95.9 Å². The molecule has 0 aromatic heterocycles. The minimum absolute atomic E-state index is 0.0534. The van der Waals surface area contributed by atoms with Crippen molar-refractivity contribution in [3.05, 3.63) is 107 Å². The molecule has 7 nitrogen and oxygen atoms in total. The zero-order chi connectivity index (χ0) is 29.6. The maximum Gasteiger partial charge on any atom is 0.325 e. The number of carbonyl (C=O) groups excluding carboxylic acids is 2. The normalized spacial score (nSPS) is 23.4. The van der Waals surface area contributed by atoms with Crippen molar-refractivity contribution in [2.75, 3.05) is 12.0 Å². The predicted octanol–water partition coefficient (Wildman–Crippen LogP) is 5.49. The molecule has 4 aromatic carbocycles. The number of hydrogen-bond donors (Lipinski definition) is 2. The summed E-state index contributed by atoms with van der Waals surface area (Å²) in [5, 5.41) is 16.0. The Hall–Kier alpha value is -4.49. The number of hydrogen-bond acceptors (Lipinski definition) is 5. The number of amides is 2. The van der Waals surface area contributed by atoms with Crippen molar-refractivity contribution in [3.63, 3.8) is 0 Å². The second-order valence-electron chi connectivity index (χ2n) is 11.1. The van der Waals surface area contributed by atoms with E-state index in [0.717, 1.165) is 33.0 Å². The predicted molar refractivity (Wildman–Crippen MR) is 162 cm³/mol. The fourth-order valence-electron chi connectivity index (χ4n) is 7.09. The lowest BCUT2D eigenvalue weighted by Gasteiger charge is -2.32. The SMILES string of the molecule is CCc1cccc(CC)c1N1C(=O)C2C(c3ccc(OC)c4ccccc34)NC(Cc3ccccc3)(C(=O)O)C2C1=O.